The van der Waals surface area contributed by atoms with Crippen molar-refractivity contribution in [2.45, 2.75) is 117 Å². The number of aromatic nitrogens is 2. The zero-order valence-electron chi connectivity index (χ0n) is 20.0. The summed E-state index contributed by atoms with van der Waals surface area (Å²) in [6, 6.07) is 8.89. The standard InChI is InChI=1S/C28H44N2/c1-5-7-9-11-13-15-23(3)25-17-19-29-27(21-25)28-22-26(18-20-30-28)24(4)16-14-12-10-8-6-2/h17-24H,5-16H2,1-4H3. The van der Waals surface area contributed by atoms with Crippen molar-refractivity contribution in [1.29, 1.82) is 0 Å². The Hall–Kier alpha value is -1.70. The van der Waals surface area contributed by atoms with E-state index in [4.69, 9.17) is 0 Å². The maximum atomic E-state index is 4.65. The first-order valence-electron chi connectivity index (χ1n) is 12.6. The Morgan fingerprint density at radius 3 is 1.40 bits per heavy atom. The molecule has 2 aromatic rings. The Kier molecular flexibility index (Phi) is 11.7. The molecule has 0 aliphatic rings. The first-order chi connectivity index (χ1) is 14.7. The van der Waals surface area contributed by atoms with E-state index in [1.165, 1.54) is 88.2 Å². The van der Waals surface area contributed by atoms with Crippen LogP contribution in [0.2, 0.25) is 0 Å². The molecule has 0 fully saturated rings. The normalized spacial score (nSPS) is 13.3. The molecule has 0 radical (unpaired) electrons. The third-order valence-electron chi connectivity index (χ3n) is 6.45. The summed E-state index contributed by atoms with van der Waals surface area (Å²) in [6.45, 7) is 9.25. The second-order valence-electron chi connectivity index (χ2n) is 9.16. The van der Waals surface area contributed by atoms with Crippen molar-refractivity contribution in [2.24, 2.45) is 0 Å². The Balaban J connectivity index is 1.95. The van der Waals surface area contributed by atoms with Crippen LogP contribution in [0.3, 0.4) is 0 Å². The molecule has 2 aromatic heterocycles. The summed E-state index contributed by atoms with van der Waals surface area (Å²) in [7, 11) is 0. The number of unbranched alkanes of at least 4 members (excludes halogenated alkanes) is 8. The van der Waals surface area contributed by atoms with E-state index in [2.05, 4.69) is 61.9 Å². The van der Waals surface area contributed by atoms with Gasteiger partial charge in [0.25, 0.3) is 0 Å². The van der Waals surface area contributed by atoms with Crippen molar-refractivity contribution in [3.63, 3.8) is 0 Å². The second kappa shape index (κ2) is 14.3. The topological polar surface area (TPSA) is 25.8 Å². The van der Waals surface area contributed by atoms with Crippen LogP contribution in [0.4, 0.5) is 0 Å². The fraction of sp³-hybridized carbons (Fsp3) is 0.643. The van der Waals surface area contributed by atoms with Gasteiger partial charge < -0.3 is 0 Å². The monoisotopic (exact) mass is 408 g/mol. The summed E-state index contributed by atoms with van der Waals surface area (Å²) in [6.07, 6.45) is 19.9. The van der Waals surface area contributed by atoms with Crippen LogP contribution in [0.25, 0.3) is 11.4 Å². The van der Waals surface area contributed by atoms with Crippen molar-refractivity contribution < 1.29 is 0 Å². The number of rotatable bonds is 15. The maximum Gasteiger partial charge on any atom is 0.0889 e. The van der Waals surface area contributed by atoms with E-state index in [1.54, 1.807) is 0 Å². The molecule has 0 aromatic carbocycles. The minimum Gasteiger partial charge on any atom is -0.255 e. The second-order valence-corrected chi connectivity index (χ2v) is 9.16. The molecule has 0 saturated carbocycles. The fourth-order valence-corrected chi connectivity index (χ4v) is 4.23. The third-order valence-corrected chi connectivity index (χ3v) is 6.45. The average Bonchev–Trinajstić information content (AvgIpc) is 2.78. The van der Waals surface area contributed by atoms with Crippen LogP contribution >= 0.6 is 0 Å². The van der Waals surface area contributed by atoms with E-state index in [0.29, 0.717) is 11.8 Å². The maximum absolute atomic E-state index is 4.65. The Bertz CT molecular complexity index is 648. The molecule has 166 valence electrons. The molecular weight excluding hydrogens is 364 g/mol. The molecule has 0 aliphatic carbocycles. The highest BCUT2D eigenvalue weighted by molar-refractivity contribution is 5.56. The molecule has 30 heavy (non-hydrogen) atoms. The summed E-state index contributed by atoms with van der Waals surface area (Å²) < 4.78 is 0. The van der Waals surface area contributed by atoms with Crippen LogP contribution < -0.4 is 0 Å². The van der Waals surface area contributed by atoms with Crippen molar-refractivity contribution in [3.05, 3.63) is 47.8 Å². The van der Waals surface area contributed by atoms with Gasteiger partial charge in [0.05, 0.1) is 11.4 Å². The predicted octanol–water partition coefficient (Wildman–Crippen LogP) is 9.07. The van der Waals surface area contributed by atoms with E-state index in [1.807, 2.05) is 12.4 Å². The first-order valence-corrected chi connectivity index (χ1v) is 12.6. The summed E-state index contributed by atoms with van der Waals surface area (Å²) >= 11 is 0. The van der Waals surface area contributed by atoms with Gasteiger partial charge in [0.15, 0.2) is 0 Å². The zero-order valence-corrected chi connectivity index (χ0v) is 20.0. The van der Waals surface area contributed by atoms with E-state index >= 15 is 0 Å². The molecule has 2 unspecified atom stereocenters. The number of nitrogens with zero attached hydrogens (tertiary/aromatic N) is 2. The number of pyridine rings is 2. The lowest BCUT2D eigenvalue weighted by Gasteiger charge is -2.14. The molecule has 0 saturated heterocycles. The van der Waals surface area contributed by atoms with Crippen molar-refractivity contribution in [2.75, 3.05) is 0 Å². The van der Waals surface area contributed by atoms with Crippen LogP contribution in [0.1, 0.15) is 128 Å². The van der Waals surface area contributed by atoms with Crippen molar-refractivity contribution in [1.82, 2.24) is 9.97 Å². The molecule has 0 N–H and O–H groups in total. The summed E-state index contributed by atoms with van der Waals surface area (Å²) in [5.74, 6) is 1.16. The van der Waals surface area contributed by atoms with Gasteiger partial charge in [-0.05, 0) is 60.1 Å². The van der Waals surface area contributed by atoms with Crippen LogP contribution in [0.5, 0.6) is 0 Å². The molecule has 2 rings (SSSR count). The van der Waals surface area contributed by atoms with Crippen LogP contribution in [0.15, 0.2) is 36.7 Å². The number of hydrogen-bond acceptors (Lipinski definition) is 2. The Morgan fingerprint density at radius 1 is 0.600 bits per heavy atom. The summed E-state index contributed by atoms with van der Waals surface area (Å²) in [5.41, 5.74) is 4.82. The Morgan fingerprint density at radius 2 is 1.00 bits per heavy atom. The van der Waals surface area contributed by atoms with E-state index < -0.39 is 0 Å². The molecule has 2 atom stereocenters. The molecule has 2 heterocycles. The van der Waals surface area contributed by atoms with Gasteiger partial charge >= 0.3 is 0 Å². The minimum absolute atomic E-state index is 0.582. The molecular formula is C28H44N2. The zero-order chi connectivity index (χ0) is 21.6. The molecule has 0 bridgehead atoms. The predicted molar refractivity (Wildman–Crippen MR) is 131 cm³/mol. The minimum atomic E-state index is 0.582. The molecule has 0 spiro atoms. The third kappa shape index (κ3) is 8.58. The summed E-state index contributed by atoms with van der Waals surface area (Å²) in [4.78, 5) is 9.29. The molecule has 2 nitrogen and oxygen atoms in total. The first kappa shape index (κ1) is 24.6. The van der Waals surface area contributed by atoms with Crippen molar-refractivity contribution >= 4 is 0 Å². The lowest BCUT2D eigenvalue weighted by molar-refractivity contribution is 0.566. The van der Waals surface area contributed by atoms with Crippen LogP contribution in [-0.2, 0) is 0 Å². The highest BCUT2D eigenvalue weighted by Gasteiger charge is 2.11. The van der Waals surface area contributed by atoms with Gasteiger partial charge in [0, 0.05) is 12.4 Å². The van der Waals surface area contributed by atoms with Gasteiger partial charge in [-0.2, -0.15) is 0 Å². The highest BCUT2D eigenvalue weighted by Crippen LogP contribution is 2.28. The van der Waals surface area contributed by atoms with Gasteiger partial charge in [-0.25, -0.2) is 0 Å². The molecule has 2 heteroatoms. The Labute approximate surface area is 185 Å². The van der Waals surface area contributed by atoms with E-state index in [0.717, 1.165) is 11.4 Å². The fourth-order valence-electron chi connectivity index (χ4n) is 4.23. The van der Waals surface area contributed by atoms with Crippen molar-refractivity contribution in [3.8, 4) is 11.4 Å². The smallest absolute Gasteiger partial charge is 0.0889 e. The SMILES string of the molecule is CCCCCCCC(C)c1ccnc(-c2cc(C(C)CCCCCCC)ccn2)c1. The summed E-state index contributed by atoms with van der Waals surface area (Å²) in [5, 5.41) is 0. The van der Waals surface area contributed by atoms with E-state index in [9.17, 15) is 0 Å². The van der Waals surface area contributed by atoms with Gasteiger partial charge in [-0.1, -0.05) is 91.9 Å². The van der Waals surface area contributed by atoms with E-state index in [-0.39, 0.29) is 0 Å². The van der Waals surface area contributed by atoms with Gasteiger partial charge in [0.1, 0.15) is 0 Å². The lowest BCUT2D eigenvalue weighted by Crippen LogP contribution is -1.98. The average molecular weight is 409 g/mol. The molecule has 0 amide bonds. The van der Waals surface area contributed by atoms with Gasteiger partial charge in [-0.3, -0.25) is 9.97 Å². The van der Waals surface area contributed by atoms with Crippen LogP contribution in [0, 0.1) is 0 Å². The quantitative estimate of drug-likeness (QED) is 0.275. The number of hydrogen-bond donors (Lipinski definition) is 0. The van der Waals surface area contributed by atoms with Gasteiger partial charge in [-0.15, -0.1) is 0 Å². The highest BCUT2D eigenvalue weighted by atomic mass is 14.8. The largest absolute Gasteiger partial charge is 0.255 e. The van der Waals surface area contributed by atoms with Crippen LogP contribution in [-0.4, -0.2) is 9.97 Å². The molecule has 0 aliphatic heterocycles. The van der Waals surface area contributed by atoms with Gasteiger partial charge in [0.2, 0.25) is 0 Å². The lowest BCUT2D eigenvalue weighted by atomic mass is 9.93.